The Morgan fingerprint density at radius 1 is 0.350 bits per heavy atom. The van der Waals surface area contributed by atoms with Crippen LogP contribution in [0.1, 0.15) is 58.4 Å². The van der Waals surface area contributed by atoms with Gasteiger partial charge in [0, 0.05) is 22.7 Å². The van der Waals surface area contributed by atoms with Crippen LogP contribution in [0.5, 0.6) is 0 Å². The topological polar surface area (TPSA) is 6.48 Å². The molecule has 0 amide bonds. The van der Waals surface area contributed by atoms with Crippen LogP contribution in [0.15, 0.2) is 194 Å². The minimum absolute atomic E-state index is 0.952. The highest BCUT2D eigenvalue weighted by Crippen LogP contribution is 2.42. The van der Waals surface area contributed by atoms with Gasteiger partial charge in [0.2, 0.25) is 0 Å². The SMILES string of the molecule is CCc1cccc(C)c1N(c1ccc(C=Cc2ccccc2)cc1)c1ccc(-c2ccc(N(c3ccc(CCc4ccccc4)cc3)c3c(C)cccc3CC)cc2)cc1. The summed E-state index contributed by atoms with van der Waals surface area (Å²) >= 11 is 0. The number of benzene rings is 8. The molecular weight excluding hydrogens is 725 g/mol. The maximum absolute atomic E-state index is 2.44. The smallest absolute Gasteiger partial charge is 0.0522 e. The molecule has 0 aliphatic rings. The number of aryl methyl sites for hydroxylation is 6. The zero-order valence-corrected chi connectivity index (χ0v) is 35.4. The second kappa shape index (κ2) is 18.8. The van der Waals surface area contributed by atoms with Gasteiger partial charge in [0.25, 0.3) is 0 Å². The Labute approximate surface area is 357 Å². The van der Waals surface area contributed by atoms with Crippen LogP contribution in [0.4, 0.5) is 34.1 Å². The first-order valence-corrected chi connectivity index (χ1v) is 21.4. The quantitative estimate of drug-likeness (QED) is 0.101. The van der Waals surface area contributed by atoms with Gasteiger partial charge in [-0.05, 0) is 144 Å². The number of hydrogen-bond donors (Lipinski definition) is 0. The van der Waals surface area contributed by atoms with Gasteiger partial charge in [-0.25, -0.2) is 0 Å². The summed E-state index contributed by atoms with van der Waals surface area (Å²) in [5.41, 5.74) is 19.8. The number of para-hydroxylation sites is 2. The van der Waals surface area contributed by atoms with Gasteiger partial charge in [0.05, 0.1) is 11.4 Å². The molecule has 60 heavy (non-hydrogen) atoms. The van der Waals surface area contributed by atoms with Gasteiger partial charge in [-0.1, -0.05) is 172 Å². The van der Waals surface area contributed by atoms with Crippen molar-refractivity contribution >= 4 is 46.3 Å². The molecule has 0 atom stereocenters. The monoisotopic (exact) mass is 778 g/mol. The Bertz CT molecular complexity index is 2640. The van der Waals surface area contributed by atoms with Crippen molar-refractivity contribution in [3.05, 3.63) is 239 Å². The van der Waals surface area contributed by atoms with E-state index in [1.165, 1.54) is 72.7 Å². The molecule has 2 heteroatoms. The molecule has 0 heterocycles. The fourth-order valence-electron chi connectivity index (χ4n) is 8.31. The molecule has 8 aromatic rings. The lowest BCUT2D eigenvalue weighted by atomic mass is 10.00. The third-order valence-electron chi connectivity index (χ3n) is 11.6. The Balaban J connectivity index is 1.09. The molecule has 0 bridgehead atoms. The van der Waals surface area contributed by atoms with Crippen molar-refractivity contribution in [2.24, 2.45) is 0 Å². The first-order valence-electron chi connectivity index (χ1n) is 21.4. The molecule has 0 saturated carbocycles. The highest BCUT2D eigenvalue weighted by atomic mass is 15.2. The van der Waals surface area contributed by atoms with Crippen molar-refractivity contribution in [1.29, 1.82) is 0 Å². The van der Waals surface area contributed by atoms with Gasteiger partial charge in [-0.3, -0.25) is 0 Å². The molecule has 8 rings (SSSR count). The summed E-state index contributed by atoms with van der Waals surface area (Å²) in [5, 5.41) is 0. The van der Waals surface area contributed by atoms with Crippen molar-refractivity contribution in [2.45, 2.75) is 53.4 Å². The van der Waals surface area contributed by atoms with E-state index in [0.717, 1.165) is 42.7 Å². The highest BCUT2D eigenvalue weighted by molar-refractivity contribution is 5.84. The summed E-state index contributed by atoms with van der Waals surface area (Å²) < 4.78 is 0. The number of rotatable bonds is 14. The lowest BCUT2D eigenvalue weighted by Gasteiger charge is -2.30. The molecule has 0 spiro atoms. The molecule has 0 saturated heterocycles. The third-order valence-corrected chi connectivity index (χ3v) is 11.6. The van der Waals surface area contributed by atoms with E-state index in [2.05, 4.69) is 244 Å². The molecule has 2 nitrogen and oxygen atoms in total. The Morgan fingerprint density at radius 2 is 0.717 bits per heavy atom. The number of anilines is 6. The average Bonchev–Trinajstić information content (AvgIpc) is 3.30. The standard InChI is InChI=1S/C58H54N2/c1-5-49-21-13-15-43(3)57(49)59(53-35-27-47(28-36-53)25-23-45-17-9-7-10-18-45)55-39-31-51(32-40-55)52-33-41-56(42-34-52)60(58-44(4)16-14-22-50(58)6-2)54-37-29-48(30-38-54)26-24-46-19-11-8-12-20-46/h7-23,25,27-42H,5-6,24,26H2,1-4H3. The van der Waals surface area contributed by atoms with E-state index in [0.29, 0.717) is 0 Å². The summed E-state index contributed by atoms with van der Waals surface area (Å²) in [6, 6.07) is 70.8. The summed E-state index contributed by atoms with van der Waals surface area (Å²) in [7, 11) is 0. The van der Waals surface area contributed by atoms with Crippen LogP contribution >= 0.6 is 0 Å². The van der Waals surface area contributed by atoms with Gasteiger partial charge in [0.1, 0.15) is 0 Å². The molecule has 0 aliphatic carbocycles. The highest BCUT2D eigenvalue weighted by Gasteiger charge is 2.20. The first-order chi connectivity index (χ1) is 29.5. The minimum atomic E-state index is 0.952. The fraction of sp³-hybridized carbons (Fsp3) is 0.138. The maximum Gasteiger partial charge on any atom is 0.0522 e. The Morgan fingerprint density at radius 3 is 1.15 bits per heavy atom. The molecular formula is C58H54N2. The summed E-state index contributed by atoms with van der Waals surface area (Å²) in [6.07, 6.45) is 8.32. The average molecular weight is 779 g/mol. The van der Waals surface area contributed by atoms with E-state index in [1.54, 1.807) is 0 Å². The molecule has 0 fully saturated rings. The molecule has 0 aliphatic heterocycles. The van der Waals surface area contributed by atoms with Gasteiger partial charge < -0.3 is 9.80 Å². The maximum atomic E-state index is 2.44. The van der Waals surface area contributed by atoms with Gasteiger partial charge in [-0.15, -0.1) is 0 Å². The van der Waals surface area contributed by atoms with E-state index in [4.69, 9.17) is 0 Å². The van der Waals surface area contributed by atoms with Crippen LogP contribution in [-0.2, 0) is 25.7 Å². The largest absolute Gasteiger partial charge is 0.310 e. The van der Waals surface area contributed by atoms with Crippen molar-refractivity contribution in [2.75, 3.05) is 9.80 Å². The van der Waals surface area contributed by atoms with E-state index in [-0.39, 0.29) is 0 Å². The second-order valence-corrected chi connectivity index (χ2v) is 15.6. The predicted molar refractivity (Wildman–Crippen MR) is 259 cm³/mol. The van der Waals surface area contributed by atoms with Gasteiger partial charge in [0.15, 0.2) is 0 Å². The number of hydrogen-bond acceptors (Lipinski definition) is 2. The Kier molecular flexibility index (Phi) is 12.5. The molecule has 296 valence electrons. The molecule has 0 radical (unpaired) electrons. The van der Waals surface area contributed by atoms with Crippen molar-refractivity contribution < 1.29 is 0 Å². The predicted octanol–water partition coefficient (Wildman–Crippen LogP) is 16.0. The van der Waals surface area contributed by atoms with E-state index >= 15 is 0 Å². The lowest BCUT2D eigenvalue weighted by molar-refractivity contribution is 0.960. The second-order valence-electron chi connectivity index (χ2n) is 15.6. The number of nitrogens with zero attached hydrogens (tertiary/aromatic N) is 2. The molecule has 0 aromatic heterocycles. The molecule has 8 aromatic carbocycles. The summed E-state index contributed by atoms with van der Waals surface area (Å²) in [4.78, 5) is 4.86. The van der Waals surface area contributed by atoms with Crippen molar-refractivity contribution in [3.8, 4) is 11.1 Å². The van der Waals surface area contributed by atoms with Crippen LogP contribution in [0.3, 0.4) is 0 Å². The van der Waals surface area contributed by atoms with Crippen LogP contribution < -0.4 is 9.80 Å². The van der Waals surface area contributed by atoms with Crippen LogP contribution in [0, 0.1) is 13.8 Å². The summed E-state index contributed by atoms with van der Waals surface area (Å²) in [5.74, 6) is 0. The van der Waals surface area contributed by atoms with Gasteiger partial charge in [-0.2, -0.15) is 0 Å². The van der Waals surface area contributed by atoms with Crippen molar-refractivity contribution in [1.82, 2.24) is 0 Å². The zero-order valence-electron chi connectivity index (χ0n) is 35.4. The van der Waals surface area contributed by atoms with Crippen LogP contribution in [0.25, 0.3) is 23.3 Å². The van der Waals surface area contributed by atoms with E-state index in [9.17, 15) is 0 Å². The van der Waals surface area contributed by atoms with Crippen LogP contribution in [0.2, 0.25) is 0 Å². The van der Waals surface area contributed by atoms with E-state index in [1.807, 2.05) is 0 Å². The van der Waals surface area contributed by atoms with Gasteiger partial charge >= 0.3 is 0 Å². The minimum Gasteiger partial charge on any atom is -0.310 e. The molecule has 0 N–H and O–H groups in total. The van der Waals surface area contributed by atoms with Crippen LogP contribution in [-0.4, -0.2) is 0 Å². The normalized spacial score (nSPS) is 11.2. The third kappa shape index (κ3) is 9.04. The lowest BCUT2D eigenvalue weighted by Crippen LogP contribution is -2.14. The summed E-state index contributed by atoms with van der Waals surface area (Å²) in [6.45, 7) is 8.94. The first kappa shape index (κ1) is 39.9. The zero-order chi connectivity index (χ0) is 41.3. The molecule has 0 unspecified atom stereocenters. The van der Waals surface area contributed by atoms with E-state index < -0.39 is 0 Å². The fourth-order valence-corrected chi connectivity index (χ4v) is 8.31. The van der Waals surface area contributed by atoms with Crippen molar-refractivity contribution in [3.63, 3.8) is 0 Å². The Hall–Kier alpha value is -6.90.